The first-order valence-corrected chi connectivity index (χ1v) is 12.9. The molecule has 174 valence electrons. The summed E-state index contributed by atoms with van der Waals surface area (Å²) in [6.45, 7) is 6.24. The predicted octanol–water partition coefficient (Wildman–Crippen LogP) is 6.60. The van der Waals surface area contributed by atoms with Crippen LogP contribution in [0.3, 0.4) is 0 Å². The molecule has 8 heteroatoms. The highest BCUT2D eigenvalue weighted by molar-refractivity contribution is 7.99. The van der Waals surface area contributed by atoms with E-state index < -0.39 is 6.04 Å². The molecule has 2 amide bonds. The summed E-state index contributed by atoms with van der Waals surface area (Å²) in [5, 5.41) is 4.64. The lowest BCUT2D eigenvalue weighted by molar-refractivity contribution is -0.139. The lowest BCUT2D eigenvalue weighted by Crippen LogP contribution is -2.51. The minimum absolute atomic E-state index is 0.0491. The Kier molecular flexibility index (Phi) is 11.2. The van der Waals surface area contributed by atoms with Crippen LogP contribution in [0.25, 0.3) is 0 Å². The number of amides is 2. The third-order valence-electron chi connectivity index (χ3n) is 5.13. The number of nitrogens with zero attached hydrogens (tertiary/aromatic N) is 1. The Bertz CT molecular complexity index is 909. The summed E-state index contributed by atoms with van der Waals surface area (Å²) >= 11 is 19.5. The van der Waals surface area contributed by atoms with E-state index in [-0.39, 0.29) is 23.6 Å². The SMILES string of the molecule is CCC(C)NC(=O)C(CC)N(Cc1ccc(Cl)cc1)C(=O)CSCc1ccc(Cl)c(Cl)c1. The van der Waals surface area contributed by atoms with E-state index in [1.165, 1.54) is 11.8 Å². The zero-order chi connectivity index (χ0) is 23.7. The maximum Gasteiger partial charge on any atom is 0.243 e. The van der Waals surface area contributed by atoms with Crippen LogP contribution in [0.2, 0.25) is 15.1 Å². The van der Waals surface area contributed by atoms with E-state index in [9.17, 15) is 9.59 Å². The Morgan fingerprint density at radius 1 is 0.969 bits per heavy atom. The van der Waals surface area contributed by atoms with Crippen molar-refractivity contribution >= 4 is 58.4 Å². The van der Waals surface area contributed by atoms with Crippen molar-refractivity contribution < 1.29 is 9.59 Å². The second-order valence-corrected chi connectivity index (χ2v) is 9.87. The fourth-order valence-corrected chi connectivity index (χ4v) is 4.42. The molecule has 0 aliphatic carbocycles. The molecule has 0 saturated carbocycles. The summed E-state index contributed by atoms with van der Waals surface area (Å²) in [4.78, 5) is 27.8. The molecule has 0 aliphatic heterocycles. The zero-order valence-corrected chi connectivity index (χ0v) is 21.6. The average molecular weight is 516 g/mol. The van der Waals surface area contributed by atoms with Gasteiger partial charge in [-0.3, -0.25) is 9.59 Å². The van der Waals surface area contributed by atoms with Gasteiger partial charge in [-0.15, -0.1) is 11.8 Å². The number of thioether (sulfide) groups is 1. The molecule has 2 atom stereocenters. The first-order valence-electron chi connectivity index (χ1n) is 10.6. The van der Waals surface area contributed by atoms with Crippen molar-refractivity contribution in [2.75, 3.05) is 5.75 Å². The zero-order valence-electron chi connectivity index (χ0n) is 18.5. The molecule has 0 aromatic heterocycles. The lowest BCUT2D eigenvalue weighted by atomic mass is 10.1. The second kappa shape index (κ2) is 13.3. The highest BCUT2D eigenvalue weighted by Gasteiger charge is 2.29. The topological polar surface area (TPSA) is 49.4 Å². The Labute approximate surface area is 210 Å². The number of hydrogen-bond donors (Lipinski definition) is 1. The van der Waals surface area contributed by atoms with Gasteiger partial charge in [0.2, 0.25) is 11.8 Å². The van der Waals surface area contributed by atoms with Gasteiger partial charge in [0.15, 0.2) is 0 Å². The number of hydrogen-bond acceptors (Lipinski definition) is 3. The largest absolute Gasteiger partial charge is 0.352 e. The molecule has 1 N–H and O–H groups in total. The van der Waals surface area contributed by atoms with Crippen LogP contribution in [0.5, 0.6) is 0 Å². The van der Waals surface area contributed by atoms with Gasteiger partial charge in [0.25, 0.3) is 0 Å². The number of carbonyl (C=O) groups is 2. The number of halogens is 3. The Hall–Kier alpha value is -1.40. The summed E-state index contributed by atoms with van der Waals surface area (Å²) in [6.07, 6.45) is 1.35. The maximum atomic E-state index is 13.2. The van der Waals surface area contributed by atoms with Crippen LogP contribution in [0.15, 0.2) is 42.5 Å². The van der Waals surface area contributed by atoms with E-state index in [1.807, 2.05) is 39.0 Å². The standard InChI is InChI=1S/C24H29Cl3N2O2S/c1-4-16(3)28-24(31)22(5-2)29(13-17-6-9-19(25)10-7-17)23(30)15-32-14-18-8-11-20(26)21(27)12-18/h6-12,16,22H,4-5,13-15H2,1-3H3,(H,28,31). The highest BCUT2D eigenvalue weighted by Crippen LogP contribution is 2.25. The summed E-state index contributed by atoms with van der Waals surface area (Å²) in [6, 6.07) is 12.3. The minimum atomic E-state index is -0.544. The highest BCUT2D eigenvalue weighted by atomic mass is 35.5. The van der Waals surface area contributed by atoms with Gasteiger partial charge in [0.05, 0.1) is 15.8 Å². The molecule has 0 heterocycles. The van der Waals surface area contributed by atoms with Crippen LogP contribution < -0.4 is 5.32 Å². The molecule has 2 unspecified atom stereocenters. The Balaban J connectivity index is 2.13. The molecule has 0 saturated heterocycles. The quantitative estimate of drug-likeness (QED) is 0.367. The van der Waals surface area contributed by atoms with Crippen LogP contribution in [-0.4, -0.2) is 34.6 Å². The van der Waals surface area contributed by atoms with Crippen molar-refractivity contribution in [3.63, 3.8) is 0 Å². The van der Waals surface area contributed by atoms with Gasteiger partial charge in [-0.1, -0.05) is 66.8 Å². The first kappa shape index (κ1) is 26.8. The van der Waals surface area contributed by atoms with Gasteiger partial charge in [0.1, 0.15) is 6.04 Å². The number of benzene rings is 2. The molecule has 0 radical (unpaired) electrons. The molecule has 4 nitrogen and oxygen atoms in total. The van der Waals surface area contributed by atoms with Gasteiger partial charge in [-0.2, -0.15) is 0 Å². The molecule has 0 bridgehead atoms. The number of rotatable bonds is 11. The molecule has 2 aromatic rings. The normalized spacial score (nSPS) is 12.8. The fourth-order valence-electron chi connectivity index (χ4n) is 3.12. The van der Waals surface area contributed by atoms with E-state index >= 15 is 0 Å². The Morgan fingerprint density at radius 2 is 1.62 bits per heavy atom. The second-order valence-electron chi connectivity index (χ2n) is 7.63. The van der Waals surface area contributed by atoms with Gasteiger partial charge >= 0.3 is 0 Å². The molecule has 0 aliphatic rings. The molecule has 0 fully saturated rings. The molecular weight excluding hydrogens is 487 g/mol. The third-order valence-corrected chi connectivity index (χ3v) is 7.11. The van der Waals surface area contributed by atoms with E-state index in [0.717, 1.165) is 17.5 Å². The van der Waals surface area contributed by atoms with E-state index in [2.05, 4.69) is 5.32 Å². The predicted molar refractivity (Wildman–Crippen MR) is 137 cm³/mol. The first-order chi connectivity index (χ1) is 15.2. The molecule has 2 aromatic carbocycles. The van der Waals surface area contributed by atoms with Crippen LogP contribution in [0.1, 0.15) is 44.7 Å². The Morgan fingerprint density at radius 3 is 2.22 bits per heavy atom. The van der Waals surface area contributed by atoms with Crippen molar-refractivity contribution in [1.29, 1.82) is 0 Å². The summed E-state index contributed by atoms with van der Waals surface area (Å²) in [5.74, 6) is 0.656. The van der Waals surface area contributed by atoms with Gasteiger partial charge < -0.3 is 10.2 Å². The van der Waals surface area contributed by atoms with Crippen molar-refractivity contribution in [2.24, 2.45) is 0 Å². The van der Waals surface area contributed by atoms with Crippen molar-refractivity contribution in [1.82, 2.24) is 10.2 Å². The van der Waals surface area contributed by atoms with E-state index in [0.29, 0.717) is 33.8 Å². The van der Waals surface area contributed by atoms with Gasteiger partial charge in [-0.25, -0.2) is 0 Å². The van der Waals surface area contributed by atoms with Crippen LogP contribution in [0.4, 0.5) is 0 Å². The lowest BCUT2D eigenvalue weighted by Gasteiger charge is -2.31. The minimum Gasteiger partial charge on any atom is -0.352 e. The summed E-state index contributed by atoms with van der Waals surface area (Å²) < 4.78 is 0. The number of carbonyl (C=O) groups excluding carboxylic acids is 2. The third kappa shape index (κ3) is 8.18. The van der Waals surface area contributed by atoms with Crippen molar-refractivity contribution in [2.45, 2.75) is 58.0 Å². The molecule has 32 heavy (non-hydrogen) atoms. The van der Waals surface area contributed by atoms with Crippen molar-refractivity contribution in [3.8, 4) is 0 Å². The van der Waals surface area contributed by atoms with Crippen LogP contribution in [0, 0.1) is 0 Å². The van der Waals surface area contributed by atoms with E-state index in [1.54, 1.807) is 29.2 Å². The number of nitrogens with one attached hydrogen (secondary N) is 1. The molecular formula is C24H29Cl3N2O2S. The summed E-state index contributed by atoms with van der Waals surface area (Å²) in [5.41, 5.74) is 1.91. The smallest absolute Gasteiger partial charge is 0.243 e. The van der Waals surface area contributed by atoms with E-state index in [4.69, 9.17) is 34.8 Å². The maximum absolute atomic E-state index is 13.2. The van der Waals surface area contributed by atoms with Crippen LogP contribution >= 0.6 is 46.6 Å². The average Bonchev–Trinajstić information content (AvgIpc) is 2.77. The van der Waals surface area contributed by atoms with Gasteiger partial charge in [0, 0.05) is 23.4 Å². The fraction of sp³-hybridized carbons (Fsp3) is 0.417. The monoisotopic (exact) mass is 514 g/mol. The van der Waals surface area contributed by atoms with Gasteiger partial charge in [-0.05, 0) is 55.2 Å². The van der Waals surface area contributed by atoms with Crippen LogP contribution in [-0.2, 0) is 21.9 Å². The summed E-state index contributed by atoms with van der Waals surface area (Å²) in [7, 11) is 0. The van der Waals surface area contributed by atoms with Crippen molar-refractivity contribution in [3.05, 3.63) is 68.7 Å². The molecule has 0 spiro atoms. The molecule has 2 rings (SSSR count).